The highest BCUT2D eigenvalue weighted by atomic mass is 35.5. The van der Waals surface area contributed by atoms with Crippen LogP contribution in [-0.4, -0.2) is 25.0 Å². The fraction of sp³-hybridized carbons (Fsp3) is 0.231. The molecule has 1 aromatic heterocycles. The topological polar surface area (TPSA) is 55.4 Å². The van der Waals surface area contributed by atoms with Crippen molar-refractivity contribution in [1.82, 2.24) is 5.32 Å². The third-order valence-corrected chi connectivity index (χ3v) is 4.59. The molecule has 7 heteroatoms. The quantitative estimate of drug-likeness (QED) is 0.875. The van der Waals surface area contributed by atoms with Crippen molar-refractivity contribution in [2.45, 2.75) is 13.0 Å². The Morgan fingerprint density at radius 1 is 1.35 bits per heavy atom. The van der Waals surface area contributed by atoms with Crippen LogP contribution in [0.5, 0.6) is 0 Å². The lowest BCUT2D eigenvalue weighted by Crippen LogP contribution is -2.38. The van der Waals surface area contributed by atoms with Crippen LogP contribution in [0, 0.1) is 0 Å². The molecule has 0 aliphatic carbocycles. The van der Waals surface area contributed by atoms with Gasteiger partial charge in [0, 0.05) is 15.1 Å². The van der Waals surface area contributed by atoms with Gasteiger partial charge >= 0.3 is 5.97 Å². The molecule has 2 rings (SSSR count). The third-order valence-electron chi connectivity index (χ3n) is 2.70. The Labute approximate surface area is 129 Å². The lowest BCUT2D eigenvalue weighted by Gasteiger charge is -2.10. The molecule has 106 valence electrons. The summed E-state index contributed by atoms with van der Waals surface area (Å²) < 4.78 is 5.37. The molecule has 1 atom stereocenters. The van der Waals surface area contributed by atoms with Gasteiger partial charge in [-0.25, -0.2) is 4.79 Å². The van der Waals surface area contributed by atoms with Gasteiger partial charge in [-0.2, -0.15) is 0 Å². The van der Waals surface area contributed by atoms with E-state index in [1.807, 2.05) is 0 Å². The van der Waals surface area contributed by atoms with Crippen molar-refractivity contribution in [1.29, 1.82) is 0 Å². The first-order chi connectivity index (χ1) is 9.43. The summed E-state index contributed by atoms with van der Waals surface area (Å²) >= 11 is 13.3. The Hall–Kier alpha value is -1.30. The van der Waals surface area contributed by atoms with Crippen LogP contribution in [0.3, 0.4) is 0 Å². The van der Waals surface area contributed by atoms with E-state index < -0.39 is 17.9 Å². The predicted molar refractivity (Wildman–Crippen MR) is 80.8 cm³/mol. The molecular weight excluding hydrogens is 321 g/mol. The number of hydrogen-bond acceptors (Lipinski definition) is 4. The van der Waals surface area contributed by atoms with Crippen molar-refractivity contribution in [3.63, 3.8) is 0 Å². The number of nitrogens with one attached hydrogen (secondary N) is 1. The zero-order valence-electron chi connectivity index (χ0n) is 10.7. The zero-order valence-corrected chi connectivity index (χ0v) is 13.0. The molecule has 0 spiro atoms. The van der Waals surface area contributed by atoms with Crippen molar-refractivity contribution in [2.75, 3.05) is 7.11 Å². The number of thiophene rings is 1. The summed E-state index contributed by atoms with van der Waals surface area (Å²) in [4.78, 5) is 23.8. The fourth-order valence-corrected chi connectivity index (χ4v) is 3.38. The van der Waals surface area contributed by atoms with Gasteiger partial charge < -0.3 is 10.1 Å². The van der Waals surface area contributed by atoms with E-state index in [1.54, 1.807) is 25.1 Å². The first-order valence-electron chi connectivity index (χ1n) is 5.70. The van der Waals surface area contributed by atoms with E-state index in [0.29, 0.717) is 14.9 Å². The number of carbonyl (C=O) groups is 2. The number of methoxy groups -OCH3 is 1. The maximum Gasteiger partial charge on any atom is 0.328 e. The first-order valence-corrected chi connectivity index (χ1v) is 7.27. The number of halogens is 2. The summed E-state index contributed by atoms with van der Waals surface area (Å²) in [5.41, 5.74) is 0. The normalized spacial score (nSPS) is 12.2. The minimum Gasteiger partial charge on any atom is -0.467 e. The van der Waals surface area contributed by atoms with Crippen molar-refractivity contribution in [2.24, 2.45) is 0 Å². The van der Waals surface area contributed by atoms with Crippen LogP contribution in [0.4, 0.5) is 0 Å². The molecule has 0 saturated carbocycles. The number of fused-ring (bicyclic) bond motifs is 1. The molecule has 0 aliphatic rings. The largest absolute Gasteiger partial charge is 0.467 e. The molecule has 20 heavy (non-hydrogen) atoms. The van der Waals surface area contributed by atoms with E-state index in [1.165, 1.54) is 18.4 Å². The van der Waals surface area contributed by atoms with E-state index in [0.717, 1.165) is 10.1 Å². The minimum absolute atomic E-state index is 0.347. The standard InChI is InChI=1S/C13H11Cl2NO3S/c1-6(13(18)19-2)16-12(17)11-10(15)8-4-3-7(14)5-9(8)20-11/h3-6H,1-2H3,(H,16,17). The van der Waals surface area contributed by atoms with Gasteiger partial charge in [0.05, 0.1) is 12.1 Å². The van der Waals surface area contributed by atoms with E-state index >= 15 is 0 Å². The molecule has 0 radical (unpaired) electrons. The number of rotatable bonds is 3. The Bertz CT molecular complexity index is 684. The number of esters is 1. The number of amides is 1. The van der Waals surface area contributed by atoms with Crippen LogP contribution in [0.2, 0.25) is 10.0 Å². The van der Waals surface area contributed by atoms with Gasteiger partial charge in [-0.3, -0.25) is 4.79 Å². The van der Waals surface area contributed by atoms with Gasteiger partial charge in [-0.1, -0.05) is 29.3 Å². The minimum atomic E-state index is -0.739. The summed E-state index contributed by atoms with van der Waals surface area (Å²) in [7, 11) is 1.26. The molecule has 0 saturated heterocycles. The predicted octanol–water partition coefficient (Wildman–Crippen LogP) is 3.50. The van der Waals surface area contributed by atoms with Crippen LogP contribution >= 0.6 is 34.5 Å². The maximum atomic E-state index is 12.1. The van der Waals surface area contributed by atoms with Crippen LogP contribution in [0.25, 0.3) is 10.1 Å². The fourth-order valence-electron chi connectivity index (χ4n) is 1.68. The van der Waals surface area contributed by atoms with E-state index in [9.17, 15) is 9.59 Å². The monoisotopic (exact) mass is 331 g/mol. The highest BCUT2D eigenvalue weighted by Crippen LogP contribution is 2.36. The molecule has 0 aliphatic heterocycles. The van der Waals surface area contributed by atoms with Gasteiger partial charge in [-0.15, -0.1) is 11.3 Å². The summed E-state index contributed by atoms with van der Waals surface area (Å²) in [5, 5.41) is 4.24. The molecule has 0 fully saturated rings. The van der Waals surface area contributed by atoms with Gasteiger partial charge in [0.25, 0.3) is 5.91 Å². The second kappa shape index (κ2) is 5.99. The second-order valence-corrected chi connectivity index (χ2v) is 5.97. The van der Waals surface area contributed by atoms with Gasteiger partial charge in [0.1, 0.15) is 10.9 Å². The first kappa shape index (κ1) is 15.1. The lowest BCUT2D eigenvalue weighted by molar-refractivity contribution is -0.142. The van der Waals surface area contributed by atoms with Gasteiger partial charge in [0.2, 0.25) is 0 Å². The molecule has 1 aromatic carbocycles. The Kier molecular flexibility index (Phi) is 4.52. The van der Waals surface area contributed by atoms with Crippen LogP contribution < -0.4 is 5.32 Å². The number of benzene rings is 1. The SMILES string of the molecule is COC(=O)C(C)NC(=O)c1sc2cc(Cl)ccc2c1Cl. The average molecular weight is 332 g/mol. The summed E-state index contributed by atoms with van der Waals surface area (Å²) in [6.45, 7) is 1.54. The Morgan fingerprint density at radius 3 is 2.70 bits per heavy atom. The molecule has 1 amide bonds. The maximum absolute atomic E-state index is 12.1. The number of ether oxygens (including phenoxy) is 1. The number of hydrogen-bond donors (Lipinski definition) is 1. The molecular formula is C13H11Cl2NO3S. The molecule has 0 bridgehead atoms. The van der Waals surface area contributed by atoms with Crippen molar-refractivity contribution in [3.8, 4) is 0 Å². The smallest absolute Gasteiger partial charge is 0.328 e. The van der Waals surface area contributed by atoms with Gasteiger partial charge in [0.15, 0.2) is 0 Å². The average Bonchev–Trinajstić information content (AvgIpc) is 2.74. The molecule has 2 aromatic rings. The van der Waals surface area contributed by atoms with Crippen LogP contribution in [0.1, 0.15) is 16.6 Å². The zero-order chi connectivity index (χ0) is 14.9. The molecule has 1 heterocycles. The Morgan fingerprint density at radius 2 is 2.05 bits per heavy atom. The molecule has 1 unspecified atom stereocenters. The summed E-state index contributed by atoms with van der Waals surface area (Å²) in [5.74, 6) is -0.927. The highest BCUT2D eigenvalue weighted by molar-refractivity contribution is 7.21. The Balaban J connectivity index is 2.31. The van der Waals surface area contributed by atoms with Crippen LogP contribution in [0.15, 0.2) is 18.2 Å². The molecule has 4 nitrogen and oxygen atoms in total. The van der Waals surface area contributed by atoms with Crippen LogP contribution in [-0.2, 0) is 9.53 Å². The number of carbonyl (C=O) groups excluding carboxylic acids is 2. The van der Waals surface area contributed by atoms with Gasteiger partial charge in [-0.05, 0) is 19.1 Å². The lowest BCUT2D eigenvalue weighted by atomic mass is 10.2. The van der Waals surface area contributed by atoms with E-state index in [4.69, 9.17) is 23.2 Å². The van der Waals surface area contributed by atoms with Crippen molar-refractivity contribution < 1.29 is 14.3 Å². The third kappa shape index (κ3) is 2.90. The van der Waals surface area contributed by atoms with Crippen molar-refractivity contribution in [3.05, 3.63) is 33.1 Å². The van der Waals surface area contributed by atoms with E-state index in [2.05, 4.69) is 10.1 Å². The summed E-state index contributed by atoms with van der Waals surface area (Å²) in [6.07, 6.45) is 0. The van der Waals surface area contributed by atoms with E-state index in [-0.39, 0.29) is 0 Å². The highest BCUT2D eigenvalue weighted by Gasteiger charge is 2.21. The molecule has 1 N–H and O–H groups in total. The van der Waals surface area contributed by atoms with Crippen molar-refractivity contribution >= 4 is 56.5 Å². The second-order valence-electron chi connectivity index (χ2n) is 4.10. The summed E-state index contributed by atoms with van der Waals surface area (Å²) in [6, 6.07) is 4.48.